The van der Waals surface area contributed by atoms with Gasteiger partial charge in [0.05, 0.1) is 0 Å². The summed E-state index contributed by atoms with van der Waals surface area (Å²) in [5.41, 5.74) is 0.557. The van der Waals surface area contributed by atoms with Crippen molar-refractivity contribution >= 4 is 23.5 Å². The molecule has 1 saturated carbocycles. The van der Waals surface area contributed by atoms with E-state index in [9.17, 15) is 9.59 Å². The van der Waals surface area contributed by atoms with E-state index in [0.29, 0.717) is 5.57 Å². The van der Waals surface area contributed by atoms with Gasteiger partial charge in [0, 0.05) is 11.6 Å². The van der Waals surface area contributed by atoms with Gasteiger partial charge in [0.2, 0.25) is 5.91 Å². The van der Waals surface area contributed by atoms with Gasteiger partial charge < -0.3 is 10.4 Å². The minimum atomic E-state index is -1.43. The third-order valence-electron chi connectivity index (χ3n) is 2.70. The normalized spacial score (nSPS) is 20.1. The highest BCUT2D eigenvalue weighted by Gasteiger charge is 2.43. The van der Waals surface area contributed by atoms with Crippen molar-refractivity contribution in [1.29, 1.82) is 0 Å². The Morgan fingerprint density at radius 1 is 1.56 bits per heavy atom. The molecule has 1 unspecified atom stereocenters. The van der Waals surface area contributed by atoms with Crippen LogP contribution in [0, 0.1) is 5.41 Å². The van der Waals surface area contributed by atoms with Gasteiger partial charge in [-0.25, -0.2) is 0 Å². The largest absolute Gasteiger partial charge is 0.480 e. The van der Waals surface area contributed by atoms with Crippen molar-refractivity contribution in [3.63, 3.8) is 0 Å². The van der Waals surface area contributed by atoms with Crippen LogP contribution in [0.25, 0.3) is 0 Å². The number of aliphatic carboxylic acids is 1. The van der Waals surface area contributed by atoms with E-state index in [1.54, 1.807) is 6.92 Å². The fourth-order valence-corrected chi connectivity index (χ4v) is 1.50. The number of halogens is 1. The molecule has 0 aliphatic heterocycles. The Morgan fingerprint density at radius 3 is 2.50 bits per heavy atom. The molecule has 2 N–H and O–H groups in total. The Labute approximate surface area is 99.7 Å². The van der Waals surface area contributed by atoms with Crippen molar-refractivity contribution in [3.8, 4) is 0 Å². The van der Waals surface area contributed by atoms with Crippen LogP contribution in [0.2, 0.25) is 0 Å². The molecular weight excluding hydrogens is 230 g/mol. The SMILES string of the molecule is CC(=CCl)CC(C)(C(=O)O)C(=O)NC1CC1. The fraction of sp³-hybridized carbons (Fsp3) is 0.636. The van der Waals surface area contributed by atoms with Crippen molar-refractivity contribution in [2.45, 2.75) is 39.2 Å². The van der Waals surface area contributed by atoms with Crippen molar-refractivity contribution in [3.05, 3.63) is 11.1 Å². The number of nitrogens with one attached hydrogen (secondary N) is 1. The highest BCUT2D eigenvalue weighted by atomic mass is 35.5. The van der Waals surface area contributed by atoms with Crippen LogP contribution >= 0.6 is 11.6 Å². The third-order valence-corrected chi connectivity index (χ3v) is 3.08. The van der Waals surface area contributed by atoms with Crippen LogP contribution in [0.4, 0.5) is 0 Å². The quantitative estimate of drug-likeness (QED) is 0.727. The molecule has 1 amide bonds. The molecule has 0 saturated heterocycles. The van der Waals surface area contributed by atoms with E-state index in [2.05, 4.69) is 5.32 Å². The molecule has 1 rings (SSSR count). The molecule has 0 heterocycles. The van der Waals surface area contributed by atoms with E-state index in [1.807, 2.05) is 0 Å². The van der Waals surface area contributed by atoms with Gasteiger partial charge in [-0.2, -0.15) is 0 Å². The van der Waals surface area contributed by atoms with Crippen molar-refractivity contribution in [2.24, 2.45) is 5.41 Å². The lowest BCUT2D eigenvalue weighted by Gasteiger charge is -2.23. The lowest BCUT2D eigenvalue weighted by atomic mass is 9.83. The number of rotatable bonds is 5. The second-order valence-electron chi connectivity index (χ2n) is 4.52. The van der Waals surface area contributed by atoms with Crippen LogP contribution in [-0.4, -0.2) is 23.0 Å². The highest BCUT2D eigenvalue weighted by Crippen LogP contribution is 2.29. The molecule has 1 aliphatic carbocycles. The van der Waals surface area contributed by atoms with Gasteiger partial charge >= 0.3 is 5.97 Å². The Balaban J connectivity index is 2.77. The number of carbonyl (C=O) groups is 2. The first-order chi connectivity index (χ1) is 7.40. The maximum Gasteiger partial charge on any atom is 0.319 e. The summed E-state index contributed by atoms with van der Waals surface area (Å²) >= 11 is 5.50. The predicted octanol–water partition coefficient (Wildman–Crippen LogP) is 1.89. The summed E-state index contributed by atoms with van der Waals surface area (Å²) in [6, 6.07) is 0.159. The number of hydrogen-bond donors (Lipinski definition) is 2. The number of carboxylic acid groups (broad SMARTS) is 1. The molecule has 90 valence electrons. The van der Waals surface area contributed by atoms with Gasteiger partial charge in [-0.1, -0.05) is 17.2 Å². The summed E-state index contributed by atoms with van der Waals surface area (Å²) in [4.78, 5) is 23.0. The molecule has 1 atom stereocenters. The summed E-state index contributed by atoms with van der Waals surface area (Å²) in [5, 5.41) is 11.9. The topological polar surface area (TPSA) is 66.4 Å². The summed E-state index contributed by atoms with van der Waals surface area (Å²) in [6.07, 6.45) is 2.00. The Morgan fingerprint density at radius 2 is 2.12 bits per heavy atom. The van der Waals surface area contributed by atoms with Crippen LogP contribution in [0.15, 0.2) is 11.1 Å². The molecular formula is C11H16ClNO3. The van der Waals surface area contributed by atoms with Gasteiger partial charge in [-0.05, 0) is 33.1 Å². The van der Waals surface area contributed by atoms with Crippen LogP contribution in [0.3, 0.4) is 0 Å². The number of carbonyl (C=O) groups excluding carboxylic acids is 1. The Kier molecular flexibility index (Phi) is 3.97. The number of allylic oxidation sites excluding steroid dienone is 1. The first-order valence-corrected chi connectivity index (χ1v) is 5.64. The zero-order valence-electron chi connectivity index (χ0n) is 9.42. The Bertz CT molecular complexity index is 336. The molecule has 4 nitrogen and oxygen atoms in total. The number of carboxylic acids is 1. The summed E-state index contributed by atoms with van der Waals surface area (Å²) in [6.45, 7) is 3.13. The zero-order valence-corrected chi connectivity index (χ0v) is 10.2. The second-order valence-corrected chi connectivity index (χ2v) is 4.74. The van der Waals surface area contributed by atoms with E-state index in [0.717, 1.165) is 12.8 Å². The van der Waals surface area contributed by atoms with Gasteiger partial charge in [0.15, 0.2) is 0 Å². The molecule has 0 spiro atoms. The molecule has 1 aliphatic rings. The van der Waals surface area contributed by atoms with Crippen LogP contribution in [0.1, 0.15) is 33.1 Å². The second kappa shape index (κ2) is 4.87. The van der Waals surface area contributed by atoms with Gasteiger partial charge in [0.25, 0.3) is 0 Å². The summed E-state index contributed by atoms with van der Waals surface area (Å²) in [7, 11) is 0. The molecule has 5 heteroatoms. The van der Waals surface area contributed by atoms with Crippen molar-refractivity contribution in [2.75, 3.05) is 0 Å². The maximum atomic E-state index is 11.8. The van der Waals surface area contributed by atoms with E-state index < -0.39 is 17.3 Å². The molecule has 16 heavy (non-hydrogen) atoms. The average Bonchev–Trinajstić information content (AvgIpc) is 3.00. The molecule has 1 fully saturated rings. The first-order valence-electron chi connectivity index (χ1n) is 5.20. The molecule has 0 aromatic heterocycles. The molecule has 0 bridgehead atoms. The number of hydrogen-bond acceptors (Lipinski definition) is 2. The average molecular weight is 246 g/mol. The van der Waals surface area contributed by atoms with Gasteiger partial charge in [0.1, 0.15) is 5.41 Å². The molecule has 0 radical (unpaired) electrons. The molecule has 0 aromatic carbocycles. The highest BCUT2D eigenvalue weighted by molar-refractivity contribution is 6.25. The number of amides is 1. The first kappa shape index (κ1) is 13.0. The standard InChI is InChI=1S/C11H16ClNO3/c1-7(6-12)5-11(2,10(15)16)9(14)13-8-3-4-8/h6,8H,3-5H2,1-2H3,(H,13,14)(H,15,16). The van der Waals surface area contributed by atoms with E-state index >= 15 is 0 Å². The summed E-state index contributed by atoms with van der Waals surface area (Å²) < 4.78 is 0. The third kappa shape index (κ3) is 2.98. The minimum absolute atomic E-state index is 0.129. The summed E-state index contributed by atoms with van der Waals surface area (Å²) in [5.74, 6) is -1.55. The van der Waals surface area contributed by atoms with Crippen molar-refractivity contribution in [1.82, 2.24) is 5.32 Å². The van der Waals surface area contributed by atoms with Crippen LogP contribution in [0.5, 0.6) is 0 Å². The van der Waals surface area contributed by atoms with E-state index in [1.165, 1.54) is 12.5 Å². The predicted molar refractivity (Wildman–Crippen MR) is 61.1 cm³/mol. The van der Waals surface area contributed by atoms with Gasteiger partial charge in [-0.15, -0.1) is 0 Å². The fourth-order valence-electron chi connectivity index (χ4n) is 1.42. The lowest BCUT2D eigenvalue weighted by molar-refractivity contribution is -0.154. The maximum absolute atomic E-state index is 11.8. The van der Waals surface area contributed by atoms with E-state index in [-0.39, 0.29) is 12.5 Å². The molecule has 0 aromatic rings. The monoisotopic (exact) mass is 245 g/mol. The smallest absolute Gasteiger partial charge is 0.319 e. The van der Waals surface area contributed by atoms with E-state index in [4.69, 9.17) is 16.7 Å². The zero-order chi connectivity index (χ0) is 12.3. The van der Waals surface area contributed by atoms with Gasteiger partial charge in [-0.3, -0.25) is 9.59 Å². The minimum Gasteiger partial charge on any atom is -0.480 e. The van der Waals surface area contributed by atoms with Crippen LogP contribution in [-0.2, 0) is 9.59 Å². The Hall–Kier alpha value is -1.03. The lowest BCUT2D eigenvalue weighted by Crippen LogP contribution is -2.45. The van der Waals surface area contributed by atoms with Crippen molar-refractivity contribution < 1.29 is 14.7 Å². The van der Waals surface area contributed by atoms with Crippen LogP contribution < -0.4 is 5.32 Å².